The number of carbonyl (C=O) groups is 3. The first-order valence-electron chi connectivity index (χ1n) is 16.4. The quantitative estimate of drug-likeness (QED) is 0.0921. The molecule has 0 bridgehead atoms. The molecule has 23 heteroatoms. The van der Waals surface area contributed by atoms with Crippen molar-refractivity contribution in [2.75, 3.05) is 0 Å². The third-order valence-corrected chi connectivity index (χ3v) is 9.13. The lowest BCUT2D eigenvalue weighted by atomic mass is 9.97. The minimum atomic E-state index is -2.22. The van der Waals surface area contributed by atoms with E-state index in [-0.39, 0.29) is 28.0 Å². The number of fused-ring (bicyclic) bond motifs is 1. The number of ether oxygens (including phenoxy) is 6. The number of benzene rings is 2. The van der Waals surface area contributed by atoms with Crippen molar-refractivity contribution in [3.05, 3.63) is 52.7 Å². The number of rotatable bonds is 10. The van der Waals surface area contributed by atoms with Crippen molar-refractivity contribution in [2.24, 2.45) is 0 Å². The number of phenolic OH excluding ortho intramolecular Hbond substituents is 1. The van der Waals surface area contributed by atoms with E-state index in [1.807, 2.05) is 0 Å². The number of carboxylic acids is 3. The summed E-state index contributed by atoms with van der Waals surface area (Å²) in [7, 11) is 0. The lowest BCUT2D eigenvalue weighted by molar-refractivity contribution is -0.350. The number of aliphatic hydroxyl groups excluding tert-OH is 8. The normalized spacial score (nSPS) is 36.1. The maximum absolute atomic E-state index is 13.1. The molecule has 3 aromatic rings. The van der Waals surface area contributed by atoms with Crippen LogP contribution in [0, 0.1) is 0 Å². The van der Waals surface area contributed by atoms with Gasteiger partial charge in [-0.3, -0.25) is 4.79 Å². The van der Waals surface area contributed by atoms with Crippen molar-refractivity contribution in [2.45, 2.75) is 92.1 Å². The van der Waals surface area contributed by atoms with Crippen LogP contribution < -0.4 is 14.9 Å². The molecule has 1 aromatic heterocycles. The van der Waals surface area contributed by atoms with Gasteiger partial charge in [-0.2, -0.15) is 0 Å². The number of hydrogen-bond acceptors (Lipinski definition) is 20. The van der Waals surface area contributed by atoms with Crippen LogP contribution in [0.25, 0.3) is 22.3 Å². The average molecular weight is 799 g/mol. The van der Waals surface area contributed by atoms with Gasteiger partial charge in [-0.1, -0.05) is 0 Å². The molecule has 4 heterocycles. The largest absolute Gasteiger partial charge is 0.507 e. The zero-order valence-corrected chi connectivity index (χ0v) is 28.1. The second-order valence-electron chi connectivity index (χ2n) is 12.9. The first-order chi connectivity index (χ1) is 26.4. The third-order valence-electron chi connectivity index (χ3n) is 9.13. The highest BCUT2D eigenvalue weighted by atomic mass is 16.8. The van der Waals surface area contributed by atoms with E-state index in [4.69, 9.17) is 32.8 Å². The predicted molar refractivity (Wildman–Crippen MR) is 173 cm³/mol. The van der Waals surface area contributed by atoms with Crippen molar-refractivity contribution in [3.8, 4) is 28.6 Å². The third kappa shape index (κ3) is 7.70. The molecule has 3 saturated heterocycles. The minimum absolute atomic E-state index is 0.0199. The van der Waals surface area contributed by atoms with E-state index in [1.54, 1.807) is 0 Å². The Morgan fingerprint density at radius 2 is 1.04 bits per heavy atom. The molecule has 3 aliphatic heterocycles. The molecule has 6 rings (SSSR count). The zero-order valence-electron chi connectivity index (χ0n) is 28.1. The highest BCUT2D eigenvalue weighted by molar-refractivity contribution is 5.86. The smallest absolute Gasteiger partial charge is 0.335 e. The Hall–Kier alpha value is -5.02. The van der Waals surface area contributed by atoms with Gasteiger partial charge in [0.25, 0.3) is 0 Å². The number of carboxylic acid groups (broad SMARTS) is 3. The summed E-state index contributed by atoms with van der Waals surface area (Å²) >= 11 is 0. The van der Waals surface area contributed by atoms with Crippen LogP contribution in [-0.2, 0) is 33.3 Å². The molecule has 0 saturated carbocycles. The van der Waals surface area contributed by atoms with E-state index < -0.39 is 127 Å². The number of phenols is 1. The van der Waals surface area contributed by atoms with Crippen molar-refractivity contribution < 1.29 is 109 Å². The summed E-state index contributed by atoms with van der Waals surface area (Å²) in [5.41, 5.74) is -0.882. The fourth-order valence-corrected chi connectivity index (χ4v) is 6.17. The van der Waals surface area contributed by atoms with Gasteiger partial charge in [-0.05, 0) is 24.3 Å². The van der Waals surface area contributed by atoms with E-state index in [0.717, 1.165) is 18.2 Å². The molecule has 56 heavy (non-hydrogen) atoms. The standard InChI is InChI=1S/C33H34O23/c34-11-5-10(51-33-27(21(41)20(40)26(55-33)30(48)49)56-32-23(43)17(37)19(39)25(54-32)29(46)47)6-14-15(11)12(35)7-13(52-14)8-1-3-9(4-2-8)50-31-22(42)16(36)18(38)24(53-31)28(44)45/h1-7,16-27,31-34,36-43H,(H,44,45)(H,46,47)(H,48,49). The number of hydrogen-bond donors (Lipinski definition) is 12. The molecule has 0 amide bonds. The van der Waals surface area contributed by atoms with Gasteiger partial charge < -0.3 is 94.1 Å². The van der Waals surface area contributed by atoms with Crippen molar-refractivity contribution in [1.82, 2.24) is 0 Å². The van der Waals surface area contributed by atoms with Crippen LogP contribution in [0.1, 0.15) is 0 Å². The Balaban J connectivity index is 1.26. The Labute approximate surface area is 310 Å². The first-order valence-corrected chi connectivity index (χ1v) is 16.4. The van der Waals surface area contributed by atoms with E-state index in [0.29, 0.717) is 0 Å². The number of aliphatic hydroxyl groups is 8. The van der Waals surface area contributed by atoms with Crippen LogP contribution in [0.15, 0.2) is 51.7 Å². The van der Waals surface area contributed by atoms with Gasteiger partial charge in [0.05, 0.1) is 0 Å². The summed E-state index contributed by atoms with van der Waals surface area (Å²) in [5, 5.41) is 121. The molecule has 15 unspecified atom stereocenters. The maximum Gasteiger partial charge on any atom is 0.335 e. The first kappa shape index (κ1) is 40.6. The molecule has 2 aromatic carbocycles. The SMILES string of the molecule is O=C(O)C1OC(Oc2ccc(-c3cc(=O)c4c(O)cc(OC5OC(C(=O)O)C(O)C(O)C5OC5OC(C(=O)O)C(O)C(O)C5O)cc4o3)cc2)C(O)C(O)C1O. The summed E-state index contributed by atoms with van der Waals surface area (Å²) < 4.78 is 37.9. The molecule has 3 aliphatic rings. The maximum atomic E-state index is 13.1. The molecule has 304 valence electrons. The number of aromatic hydroxyl groups is 1. The molecule has 0 radical (unpaired) electrons. The lowest BCUT2D eigenvalue weighted by Gasteiger charge is -2.44. The van der Waals surface area contributed by atoms with Gasteiger partial charge in [-0.25, -0.2) is 14.4 Å². The summed E-state index contributed by atoms with van der Waals surface area (Å²) in [5.74, 6) is -6.46. The van der Waals surface area contributed by atoms with Crippen LogP contribution in [0.5, 0.6) is 17.2 Å². The molecule has 0 spiro atoms. The molecular formula is C33H34O23. The second-order valence-corrected chi connectivity index (χ2v) is 12.9. The Bertz CT molecular complexity index is 2000. The molecule has 3 fully saturated rings. The van der Waals surface area contributed by atoms with Crippen LogP contribution in [0.4, 0.5) is 0 Å². The lowest BCUT2D eigenvalue weighted by Crippen LogP contribution is -2.66. The topological polar surface area (TPSA) is 380 Å². The molecular weight excluding hydrogens is 764 g/mol. The second kappa shape index (κ2) is 15.8. The Morgan fingerprint density at radius 3 is 1.59 bits per heavy atom. The van der Waals surface area contributed by atoms with Crippen LogP contribution in [0.3, 0.4) is 0 Å². The predicted octanol–water partition coefficient (Wildman–Crippen LogP) is -4.38. The van der Waals surface area contributed by atoms with Gasteiger partial charge >= 0.3 is 17.9 Å². The van der Waals surface area contributed by atoms with Crippen LogP contribution >= 0.6 is 0 Å². The van der Waals surface area contributed by atoms with Gasteiger partial charge in [0.1, 0.15) is 82.8 Å². The summed E-state index contributed by atoms with van der Waals surface area (Å²) in [4.78, 5) is 47.9. The summed E-state index contributed by atoms with van der Waals surface area (Å²) in [6.07, 6.45) is -30.7. The fraction of sp³-hybridized carbons (Fsp3) is 0.455. The minimum Gasteiger partial charge on any atom is -0.507 e. The summed E-state index contributed by atoms with van der Waals surface area (Å²) in [6.45, 7) is 0. The highest BCUT2D eigenvalue weighted by Crippen LogP contribution is 2.36. The monoisotopic (exact) mass is 798 g/mol. The van der Waals surface area contributed by atoms with Crippen LogP contribution in [0.2, 0.25) is 0 Å². The Kier molecular flexibility index (Phi) is 11.5. The average Bonchev–Trinajstić information content (AvgIpc) is 3.14. The highest BCUT2D eigenvalue weighted by Gasteiger charge is 2.54. The van der Waals surface area contributed by atoms with E-state index in [9.17, 15) is 80.5 Å². The van der Waals surface area contributed by atoms with E-state index in [2.05, 4.69) is 0 Å². The van der Waals surface area contributed by atoms with Crippen molar-refractivity contribution >= 4 is 28.9 Å². The zero-order chi connectivity index (χ0) is 40.9. The van der Waals surface area contributed by atoms with Gasteiger partial charge in [0.15, 0.2) is 36.1 Å². The van der Waals surface area contributed by atoms with Gasteiger partial charge in [0.2, 0.25) is 12.6 Å². The van der Waals surface area contributed by atoms with Crippen molar-refractivity contribution in [3.63, 3.8) is 0 Å². The van der Waals surface area contributed by atoms with Gasteiger partial charge in [-0.15, -0.1) is 0 Å². The molecule has 12 N–H and O–H groups in total. The van der Waals surface area contributed by atoms with Crippen molar-refractivity contribution in [1.29, 1.82) is 0 Å². The fourth-order valence-electron chi connectivity index (χ4n) is 6.17. The summed E-state index contributed by atoms with van der Waals surface area (Å²) in [6, 6.07) is 8.23. The molecule has 15 atom stereocenters. The number of aliphatic carboxylic acids is 3. The van der Waals surface area contributed by atoms with E-state index >= 15 is 0 Å². The van der Waals surface area contributed by atoms with E-state index in [1.165, 1.54) is 24.3 Å². The van der Waals surface area contributed by atoms with Gasteiger partial charge in [0, 0.05) is 23.8 Å². The van der Waals surface area contributed by atoms with Crippen LogP contribution in [-0.4, -0.2) is 171 Å². The Morgan fingerprint density at radius 1 is 0.554 bits per heavy atom. The molecule has 23 nitrogen and oxygen atoms in total. The molecule has 0 aliphatic carbocycles.